The largest absolute Gasteiger partial charge is 0.309 e. The molecule has 234 valence electrons. The van der Waals surface area contributed by atoms with Crippen molar-refractivity contribution in [3.8, 4) is 39.1 Å². The lowest BCUT2D eigenvalue weighted by Crippen LogP contribution is -1.97. The highest BCUT2D eigenvalue weighted by atomic mass is 15.0. The van der Waals surface area contributed by atoms with Crippen molar-refractivity contribution in [1.82, 2.24) is 4.57 Å². The van der Waals surface area contributed by atoms with Gasteiger partial charge >= 0.3 is 0 Å². The van der Waals surface area contributed by atoms with Crippen molar-refractivity contribution in [1.29, 1.82) is 0 Å². The van der Waals surface area contributed by atoms with Gasteiger partial charge in [0.05, 0.1) is 16.7 Å². The predicted molar refractivity (Wildman–Crippen MR) is 211 cm³/mol. The lowest BCUT2D eigenvalue weighted by atomic mass is 9.91. The van der Waals surface area contributed by atoms with Gasteiger partial charge in [-0.2, -0.15) is 0 Å². The first-order chi connectivity index (χ1) is 24.0. The Hall–Kier alpha value is -5.92. The second-order valence-corrected chi connectivity index (χ2v) is 13.6. The maximum absolute atomic E-state index is 2.49. The number of hydrogen-bond donors (Lipinski definition) is 0. The summed E-state index contributed by atoms with van der Waals surface area (Å²) in [4.78, 5) is 0. The van der Waals surface area contributed by atoms with Crippen molar-refractivity contribution in [3.63, 3.8) is 0 Å². The van der Waals surface area contributed by atoms with Gasteiger partial charge in [0.2, 0.25) is 0 Å². The van der Waals surface area contributed by atoms with Crippen LogP contribution in [0.5, 0.6) is 0 Å². The minimum atomic E-state index is 1.20. The highest BCUT2D eigenvalue weighted by Gasteiger charge is 2.19. The van der Waals surface area contributed by atoms with E-state index in [1.165, 1.54) is 105 Å². The number of fused-ring (bicyclic) bond motifs is 5. The molecule has 0 N–H and O–H groups in total. The van der Waals surface area contributed by atoms with E-state index in [-0.39, 0.29) is 0 Å². The maximum Gasteiger partial charge on any atom is 0.0547 e. The Balaban J connectivity index is 1.29. The SMILES string of the molecule is Cc1ccccc1-c1cc(-c2ccc(-n3c4ccccc4c4cc(C)c(-c5cc6ccccc6cc5C)cc43)c3ccccc23)ccc1C. The number of hydrogen-bond acceptors (Lipinski definition) is 0. The average molecular weight is 628 g/mol. The molecule has 0 amide bonds. The van der Waals surface area contributed by atoms with Crippen LogP contribution in [-0.4, -0.2) is 4.57 Å². The smallest absolute Gasteiger partial charge is 0.0547 e. The fourth-order valence-electron chi connectivity index (χ4n) is 8.00. The molecule has 0 saturated carbocycles. The zero-order valence-electron chi connectivity index (χ0n) is 28.4. The highest BCUT2D eigenvalue weighted by molar-refractivity contribution is 6.13. The number of benzene rings is 8. The summed E-state index contributed by atoms with van der Waals surface area (Å²) in [5, 5.41) is 7.60. The molecule has 9 rings (SSSR count). The molecule has 1 heteroatoms. The fourth-order valence-corrected chi connectivity index (χ4v) is 8.00. The summed E-state index contributed by atoms with van der Waals surface area (Å²) in [5.41, 5.74) is 16.4. The number of para-hydroxylation sites is 1. The van der Waals surface area contributed by atoms with Crippen molar-refractivity contribution in [2.45, 2.75) is 27.7 Å². The zero-order valence-corrected chi connectivity index (χ0v) is 28.4. The van der Waals surface area contributed by atoms with Crippen molar-refractivity contribution in [3.05, 3.63) is 174 Å². The molecule has 0 unspecified atom stereocenters. The van der Waals surface area contributed by atoms with Crippen molar-refractivity contribution >= 4 is 43.4 Å². The van der Waals surface area contributed by atoms with E-state index in [1.807, 2.05) is 0 Å². The summed E-state index contributed by atoms with van der Waals surface area (Å²) in [6.07, 6.45) is 0. The third kappa shape index (κ3) is 4.69. The van der Waals surface area contributed by atoms with Crippen LogP contribution < -0.4 is 0 Å². The molecule has 0 radical (unpaired) electrons. The Morgan fingerprint density at radius 1 is 0.327 bits per heavy atom. The van der Waals surface area contributed by atoms with E-state index in [2.05, 4.69) is 184 Å². The van der Waals surface area contributed by atoms with Gasteiger partial charge in [0.1, 0.15) is 0 Å². The molecule has 0 aliphatic carbocycles. The summed E-state index contributed by atoms with van der Waals surface area (Å²) in [5.74, 6) is 0. The standard InChI is InChI=1S/C48H37N/c1-30-13-5-8-16-37(30)42-28-36(22-21-31(42)2)38-23-24-47(40-18-10-9-17-39(38)40)49-46-20-12-11-19-41(46)45-26-33(4)44(29-48(45)49)43-27-35-15-7-6-14-34(35)25-32(43)3/h5-29H,1-4H3. The van der Waals surface area contributed by atoms with Crippen LogP contribution in [0.2, 0.25) is 0 Å². The molecule has 0 atom stereocenters. The normalized spacial score (nSPS) is 11.7. The van der Waals surface area contributed by atoms with Crippen LogP contribution in [0, 0.1) is 27.7 Å². The van der Waals surface area contributed by atoms with Crippen molar-refractivity contribution in [2.75, 3.05) is 0 Å². The van der Waals surface area contributed by atoms with Gasteiger partial charge in [-0.3, -0.25) is 0 Å². The van der Waals surface area contributed by atoms with Gasteiger partial charge in [0.25, 0.3) is 0 Å². The quantitative estimate of drug-likeness (QED) is 0.183. The topological polar surface area (TPSA) is 4.93 Å². The molecule has 49 heavy (non-hydrogen) atoms. The molecule has 1 nitrogen and oxygen atoms in total. The number of aromatic nitrogens is 1. The molecule has 1 heterocycles. The number of nitrogens with zero attached hydrogens (tertiary/aromatic N) is 1. The first kappa shape index (κ1) is 29.2. The fraction of sp³-hybridized carbons (Fsp3) is 0.0833. The summed E-state index contributed by atoms with van der Waals surface area (Å²) in [6, 6.07) is 56.2. The van der Waals surface area contributed by atoms with Crippen LogP contribution in [0.1, 0.15) is 22.3 Å². The second kappa shape index (κ2) is 11.4. The summed E-state index contributed by atoms with van der Waals surface area (Å²) in [6.45, 7) is 8.91. The number of rotatable bonds is 4. The molecule has 0 bridgehead atoms. The second-order valence-electron chi connectivity index (χ2n) is 13.6. The first-order valence-corrected chi connectivity index (χ1v) is 17.2. The van der Waals surface area contributed by atoms with E-state index >= 15 is 0 Å². The molecule has 0 spiro atoms. The van der Waals surface area contributed by atoms with Gasteiger partial charge < -0.3 is 4.57 Å². The van der Waals surface area contributed by atoms with Crippen LogP contribution in [0.3, 0.4) is 0 Å². The predicted octanol–water partition coefficient (Wildman–Crippen LogP) is 13.3. The van der Waals surface area contributed by atoms with Gasteiger partial charge in [0, 0.05) is 16.2 Å². The average Bonchev–Trinajstić information content (AvgIpc) is 3.44. The Bertz CT molecular complexity index is 2760. The van der Waals surface area contributed by atoms with Crippen LogP contribution in [0.4, 0.5) is 0 Å². The Morgan fingerprint density at radius 3 is 1.76 bits per heavy atom. The van der Waals surface area contributed by atoms with Crippen LogP contribution in [-0.2, 0) is 0 Å². The van der Waals surface area contributed by atoms with E-state index in [4.69, 9.17) is 0 Å². The minimum absolute atomic E-state index is 1.20. The lowest BCUT2D eigenvalue weighted by Gasteiger charge is -2.17. The Labute approximate surface area is 287 Å². The lowest BCUT2D eigenvalue weighted by molar-refractivity contribution is 1.20. The highest BCUT2D eigenvalue weighted by Crippen LogP contribution is 2.42. The zero-order chi connectivity index (χ0) is 33.2. The summed E-state index contributed by atoms with van der Waals surface area (Å²) >= 11 is 0. The molecule has 0 aliphatic rings. The Morgan fingerprint density at radius 2 is 0.939 bits per heavy atom. The molecular weight excluding hydrogens is 591 g/mol. The van der Waals surface area contributed by atoms with Crippen LogP contribution in [0.15, 0.2) is 152 Å². The van der Waals surface area contributed by atoms with Gasteiger partial charge in [-0.1, -0.05) is 115 Å². The molecule has 1 aromatic heterocycles. The van der Waals surface area contributed by atoms with E-state index in [1.54, 1.807) is 0 Å². The molecule has 0 fully saturated rings. The molecule has 0 saturated heterocycles. The maximum atomic E-state index is 2.49. The molecule has 0 aliphatic heterocycles. The van der Waals surface area contributed by atoms with Gasteiger partial charge in [0.15, 0.2) is 0 Å². The first-order valence-electron chi connectivity index (χ1n) is 17.2. The third-order valence-electron chi connectivity index (χ3n) is 10.5. The molecule has 9 aromatic rings. The van der Waals surface area contributed by atoms with E-state index in [0.717, 1.165) is 0 Å². The van der Waals surface area contributed by atoms with Gasteiger partial charge in [-0.05, 0) is 136 Å². The van der Waals surface area contributed by atoms with Crippen molar-refractivity contribution in [2.24, 2.45) is 0 Å². The summed E-state index contributed by atoms with van der Waals surface area (Å²) in [7, 11) is 0. The minimum Gasteiger partial charge on any atom is -0.309 e. The van der Waals surface area contributed by atoms with E-state index in [0.29, 0.717) is 0 Å². The van der Waals surface area contributed by atoms with Gasteiger partial charge in [-0.15, -0.1) is 0 Å². The molecule has 8 aromatic carbocycles. The monoisotopic (exact) mass is 627 g/mol. The van der Waals surface area contributed by atoms with E-state index < -0.39 is 0 Å². The third-order valence-corrected chi connectivity index (χ3v) is 10.5. The van der Waals surface area contributed by atoms with Crippen LogP contribution in [0.25, 0.3) is 82.4 Å². The van der Waals surface area contributed by atoms with Crippen LogP contribution >= 0.6 is 0 Å². The van der Waals surface area contributed by atoms with Gasteiger partial charge in [-0.25, -0.2) is 0 Å². The Kier molecular flexibility index (Phi) is 6.78. The number of aryl methyl sites for hydroxylation is 4. The van der Waals surface area contributed by atoms with Crippen molar-refractivity contribution < 1.29 is 0 Å². The van der Waals surface area contributed by atoms with E-state index in [9.17, 15) is 0 Å². The summed E-state index contributed by atoms with van der Waals surface area (Å²) < 4.78 is 2.49. The molecular formula is C48H37N.